The van der Waals surface area contributed by atoms with Gasteiger partial charge in [-0.15, -0.1) is 0 Å². The average molecular weight is 229 g/mol. The van der Waals surface area contributed by atoms with E-state index in [9.17, 15) is 0 Å². The van der Waals surface area contributed by atoms with Gasteiger partial charge in [-0.3, -0.25) is 0 Å². The molecule has 0 aliphatic rings. The van der Waals surface area contributed by atoms with Gasteiger partial charge in [-0.2, -0.15) is 5.10 Å². The third kappa shape index (κ3) is 1.93. The van der Waals surface area contributed by atoms with Crippen molar-refractivity contribution in [3.8, 4) is 5.69 Å². The Morgan fingerprint density at radius 2 is 1.88 bits per heavy atom. The Bertz CT molecular complexity index is 526. The number of anilines is 1. The minimum atomic E-state index is 0.846. The van der Waals surface area contributed by atoms with Crippen LogP contribution in [0.5, 0.6) is 0 Å². The fourth-order valence-electron chi connectivity index (χ4n) is 2.12. The minimum Gasteiger partial charge on any atom is -0.396 e. The van der Waals surface area contributed by atoms with Gasteiger partial charge >= 0.3 is 0 Å². The Kier molecular flexibility index (Phi) is 3.18. The molecule has 17 heavy (non-hydrogen) atoms. The Hall–Kier alpha value is -1.77. The van der Waals surface area contributed by atoms with Gasteiger partial charge in [-0.25, -0.2) is 4.68 Å². The van der Waals surface area contributed by atoms with E-state index in [2.05, 4.69) is 38.0 Å². The van der Waals surface area contributed by atoms with Gasteiger partial charge in [-0.05, 0) is 31.4 Å². The Morgan fingerprint density at radius 3 is 2.47 bits per heavy atom. The van der Waals surface area contributed by atoms with E-state index in [-0.39, 0.29) is 0 Å². The van der Waals surface area contributed by atoms with E-state index in [1.807, 2.05) is 16.8 Å². The number of benzene rings is 1. The first kappa shape index (κ1) is 11.7. The van der Waals surface area contributed by atoms with Crippen molar-refractivity contribution in [2.24, 2.45) is 0 Å². The van der Waals surface area contributed by atoms with E-state index in [0.717, 1.165) is 35.6 Å². The first-order valence-electron chi connectivity index (χ1n) is 6.11. The number of para-hydroxylation sites is 1. The van der Waals surface area contributed by atoms with Crippen molar-refractivity contribution in [1.29, 1.82) is 0 Å². The van der Waals surface area contributed by atoms with Gasteiger partial charge in [0.2, 0.25) is 0 Å². The normalized spacial score (nSPS) is 10.8. The first-order valence-corrected chi connectivity index (χ1v) is 6.11. The summed E-state index contributed by atoms with van der Waals surface area (Å²) in [6, 6.07) is 8.25. The van der Waals surface area contributed by atoms with Crippen LogP contribution in [-0.2, 0) is 12.8 Å². The average Bonchev–Trinajstić information content (AvgIpc) is 2.66. The van der Waals surface area contributed by atoms with Crippen LogP contribution < -0.4 is 5.73 Å². The van der Waals surface area contributed by atoms with Crippen LogP contribution in [0.4, 0.5) is 5.69 Å². The summed E-state index contributed by atoms with van der Waals surface area (Å²) in [5.74, 6) is 0. The predicted molar refractivity (Wildman–Crippen MR) is 71.5 cm³/mol. The van der Waals surface area contributed by atoms with E-state index < -0.39 is 0 Å². The van der Waals surface area contributed by atoms with Gasteiger partial charge in [-0.1, -0.05) is 32.0 Å². The maximum Gasteiger partial charge on any atom is 0.0858 e. The van der Waals surface area contributed by atoms with Crippen LogP contribution in [0.15, 0.2) is 24.3 Å². The Morgan fingerprint density at radius 1 is 1.18 bits per heavy atom. The minimum absolute atomic E-state index is 0.846. The molecule has 0 amide bonds. The van der Waals surface area contributed by atoms with Crippen LogP contribution in [0.2, 0.25) is 0 Å². The fraction of sp³-hybridized carbons (Fsp3) is 0.357. The van der Waals surface area contributed by atoms with Crippen molar-refractivity contribution in [3.05, 3.63) is 41.2 Å². The number of aromatic nitrogens is 2. The maximum absolute atomic E-state index is 6.13. The van der Waals surface area contributed by atoms with Crippen LogP contribution in [-0.4, -0.2) is 9.78 Å². The molecular weight excluding hydrogens is 210 g/mol. The van der Waals surface area contributed by atoms with Gasteiger partial charge in [0.05, 0.1) is 22.8 Å². The van der Waals surface area contributed by atoms with Crippen molar-refractivity contribution < 1.29 is 0 Å². The molecule has 0 saturated carbocycles. The number of rotatable bonds is 3. The van der Waals surface area contributed by atoms with Crippen LogP contribution >= 0.6 is 0 Å². The van der Waals surface area contributed by atoms with Crippen molar-refractivity contribution in [1.82, 2.24) is 9.78 Å². The third-order valence-electron chi connectivity index (χ3n) is 3.11. The maximum atomic E-state index is 6.13. The zero-order chi connectivity index (χ0) is 12.4. The number of hydrogen-bond acceptors (Lipinski definition) is 2. The largest absolute Gasteiger partial charge is 0.396 e. The van der Waals surface area contributed by atoms with Crippen molar-refractivity contribution >= 4 is 5.69 Å². The summed E-state index contributed by atoms with van der Waals surface area (Å²) in [7, 11) is 0. The topological polar surface area (TPSA) is 43.8 Å². The highest BCUT2D eigenvalue weighted by Gasteiger charge is 2.14. The quantitative estimate of drug-likeness (QED) is 0.879. The summed E-state index contributed by atoms with van der Waals surface area (Å²) in [5.41, 5.74) is 11.4. The monoisotopic (exact) mass is 229 g/mol. The van der Waals surface area contributed by atoms with Crippen LogP contribution in [0.1, 0.15) is 30.8 Å². The zero-order valence-electron chi connectivity index (χ0n) is 10.7. The van der Waals surface area contributed by atoms with Crippen LogP contribution in [0.3, 0.4) is 0 Å². The van der Waals surface area contributed by atoms with Crippen LogP contribution in [0, 0.1) is 6.92 Å². The molecule has 0 fully saturated rings. The third-order valence-corrected chi connectivity index (χ3v) is 3.11. The molecule has 0 saturated heterocycles. The lowest BCUT2D eigenvalue weighted by Gasteiger charge is -2.09. The molecule has 90 valence electrons. The zero-order valence-corrected chi connectivity index (χ0v) is 10.7. The highest BCUT2D eigenvalue weighted by atomic mass is 15.3. The molecule has 0 radical (unpaired) electrons. The summed E-state index contributed by atoms with van der Waals surface area (Å²) in [5, 5.41) is 4.62. The van der Waals surface area contributed by atoms with Gasteiger partial charge in [0.1, 0.15) is 0 Å². The predicted octanol–water partition coefficient (Wildman–Crippen LogP) is 2.89. The highest BCUT2D eigenvalue weighted by molar-refractivity contribution is 5.53. The first-order chi connectivity index (χ1) is 8.19. The molecule has 2 N–H and O–H groups in total. The molecule has 1 aromatic carbocycles. The van der Waals surface area contributed by atoms with Gasteiger partial charge in [0.25, 0.3) is 0 Å². The number of aryl methyl sites for hydroxylation is 2. The lowest BCUT2D eigenvalue weighted by Crippen LogP contribution is -2.04. The van der Waals surface area contributed by atoms with Crippen molar-refractivity contribution in [2.45, 2.75) is 33.6 Å². The van der Waals surface area contributed by atoms with E-state index in [0.29, 0.717) is 0 Å². The Labute approximate surface area is 102 Å². The molecule has 0 atom stereocenters. The molecule has 1 aromatic heterocycles. The molecule has 0 spiro atoms. The molecule has 2 aromatic rings. The van der Waals surface area contributed by atoms with Gasteiger partial charge < -0.3 is 5.73 Å². The molecule has 0 bridgehead atoms. The second-order valence-corrected chi connectivity index (χ2v) is 4.21. The van der Waals surface area contributed by atoms with Gasteiger partial charge in [0.15, 0.2) is 0 Å². The molecule has 3 heteroatoms. The van der Waals surface area contributed by atoms with Gasteiger partial charge in [0, 0.05) is 0 Å². The number of nitrogens with two attached hydrogens (primary N) is 1. The SMILES string of the molecule is CCc1nn(-c2ccccc2C)c(CC)c1N. The molecule has 0 aliphatic carbocycles. The smallest absolute Gasteiger partial charge is 0.0858 e. The van der Waals surface area contributed by atoms with Crippen LogP contribution in [0.25, 0.3) is 5.69 Å². The highest BCUT2D eigenvalue weighted by Crippen LogP contribution is 2.23. The van der Waals surface area contributed by atoms with Crippen molar-refractivity contribution in [2.75, 3.05) is 5.73 Å². The lowest BCUT2D eigenvalue weighted by molar-refractivity contribution is 0.789. The summed E-state index contributed by atoms with van der Waals surface area (Å²) < 4.78 is 1.99. The summed E-state index contributed by atoms with van der Waals surface area (Å²) in [4.78, 5) is 0. The second kappa shape index (κ2) is 4.62. The number of hydrogen-bond donors (Lipinski definition) is 1. The van der Waals surface area contributed by atoms with E-state index >= 15 is 0 Å². The standard InChI is InChI=1S/C14H19N3/c1-4-11-14(15)12(5-2)17(16-11)13-9-7-6-8-10(13)3/h6-9H,4-5,15H2,1-3H3. The molecular formula is C14H19N3. The molecule has 2 rings (SSSR count). The number of nitrogens with zero attached hydrogens (tertiary/aromatic N) is 2. The summed E-state index contributed by atoms with van der Waals surface area (Å²) in [6.07, 6.45) is 1.77. The lowest BCUT2D eigenvalue weighted by atomic mass is 10.2. The van der Waals surface area contributed by atoms with E-state index in [4.69, 9.17) is 5.73 Å². The molecule has 1 heterocycles. The summed E-state index contributed by atoms with van der Waals surface area (Å²) >= 11 is 0. The number of nitrogen functional groups attached to an aromatic ring is 1. The molecule has 0 aliphatic heterocycles. The molecule has 0 unspecified atom stereocenters. The second-order valence-electron chi connectivity index (χ2n) is 4.21. The fourth-order valence-corrected chi connectivity index (χ4v) is 2.12. The van der Waals surface area contributed by atoms with Crippen molar-refractivity contribution in [3.63, 3.8) is 0 Å². The summed E-state index contributed by atoms with van der Waals surface area (Å²) in [6.45, 7) is 6.29. The Balaban J connectivity index is 2.63. The molecule has 3 nitrogen and oxygen atoms in total. The van der Waals surface area contributed by atoms with E-state index in [1.54, 1.807) is 0 Å². The van der Waals surface area contributed by atoms with E-state index in [1.165, 1.54) is 5.56 Å².